The summed E-state index contributed by atoms with van der Waals surface area (Å²) >= 11 is 0. The maximum absolute atomic E-state index is 10.3. The van der Waals surface area contributed by atoms with Crippen LogP contribution in [0, 0.1) is 12.8 Å². The Bertz CT molecular complexity index is 975. The first-order valence-corrected chi connectivity index (χ1v) is 18.4. The highest BCUT2D eigenvalue weighted by Gasteiger charge is 2.04. The van der Waals surface area contributed by atoms with Crippen molar-refractivity contribution in [2.45, 2.75) is 167 Å². The summed E-state index contributed by atoms with van der Waals surface area (Å²) in [5, 5.41) is 0. The molecule has 0 radical (unpaired) electrons. The van der Waals surface area contributed by atoms with Crippen LogP contribution in [0.15, 0.2) is 66.8 Å². The minimum atomic E-state index is 0.155. The molecule has 0 heterocycles. The average Bonchev–Trinajstić information content (AvgIpc) is 3.06. The number of carbonyl (C=O) groups is 1. The Hall–Kier alpha value is -2.45. The normalized spacial score (nSPS) is 10.6. The van der Waals surface area contributed by atoms with E-state index in [1.807, 2.05) is 40.7 Å². The summed E-state index contributed by atoms with van der Waals surface area (Å²) in [7, 11) is 1.78. The van der Waals surface area contributed by atoms with E-state index in [2.05, 4.69) is 104 Å². The molecule has 46 heavy (non-hydrogen) atoms. The Labute approximate surface area is 289 Å². The fraction of sp³-hybridized carbons (Fsp3) is 0.614. The summed E-state index contributed by atoms with van der Waals surface area (Å²) in [6.45, 7) is 32.3. The first-order chi connectivity index (χ1) is 22.0. The maximum Gasteiger partial charge on any atom is 0.155 e. The molecule has 0 unspecified atom stereocenters. The zero-order valence-corrected chi connectivity index (χ0v) is 33.4. The molecule has 0 saturated carbocycles. The molecule has 2 nitrogen and oxygen atoms in total. The molecule has 0 fully saturated rings. The van der Waals surface area contributed by atoms with Gasteiger partial charge in [0, 0.05) is 7.11 Å². The lowest BCUT2D eigenvalue weighted by Gasteiger charge is -2.10. The molecule has 2 aromatic carbocycles. The van der Waals surface area contributed by atoms with E-state index in [9.17, 15) is 4.79 Å². The van der Waals surface area contributed by atoms with Crippen molar-refractivity contribution in [2.24, 2.45) is 5.92 Å². The van der Waals surface area contributed by atoms with Crippen LogP contribution in [-0.2, 0) is 22.4 Å². The second kappa shape index (κ2) is 37.0. The zero-order chi connectivity index (χ0) is 36.3. The van der Waals surface area contributed by atoms with Gasteiger partial charge in [0.2, 0.25) is 0 Å². The van der Waals surface area contributed by atoms with Gasteiger partial charge in [-0.25, -0.2) is 0 Å². The molecular weight excluding hydrogens is 560 g/mol. The number of aryl methyl sites for hydroxylation is 3. The van der Waals surface area contributed by atoms with Crippen molar-refractivity contribution in [3.63, 3.8) is 0 Å². The first kappa shape index (κ1) is 50.4. The van der Waals surface area contributed by atoms with Crippen LogP contribution >= 0.6 is 0 Å². The molecule has 0 spiro atoms. The largest absolute Gasteiger partial charge is 0.381 e. The van der Waals surface area contributed by atoms with Crippen molar-refractivity contribution in [3.05, 3.63) is 83.5 Å². The summed E-state index contributed by atoms with van der Waals surface area (Å²) in [6.07, 6.45) is 16.6. The third kappa shape index (κ3) is 29.0. The molecule has 2 heteroatoms. The van der Waals surface area contributed by atoms with Crippen LogP contribution in [0.2, 0.25) is 0 Å². The van der Waals surface area contributed by atoms with Gasteiger partial charge in [0.05, 0.1) is 6.10 Å². The molecule has 0 aromatic heterocycles. The van der Waals surface area contributed by atoms with Crippen molar-refractivity contribution < 1.29 is 9.53 Å². The molecule has 2 rings (SSSR count). The number of carbonyl (C=O) groups excluding carboxylic acids is 1. The van der Waals surface area contributed by atoms with E-state index in [0.717, 1.165) is 24.3 Å². The molecule has 0 amide bonds. The predicted molar refractivity (Wildman–Crippen MR) is 212 cm³/mol. The number of methoxy groups -OCH3 is 1. The third-order valence-corrected chi connectivity index (χ3v) is 7.44. The van der Waals surface area contributed by atoms with E-state index < -0.39 is 0 Å². The lowest BCUT2D eigenvalue weighted by Crippen LogP contribution is -2.07. The van der Waals surface area contributed by atoms with Crippen LogP contribution in [-0.4, -0.2) is 19.0 Å². The quantitative estimate of drug-likeness (QED) is 0.161. The van der Waals surface area contributed by atoms with E-state index in [1.165, 1.54) is 79.2 Å². The standard InChI is InChI=1S/C18H22.C8H18.C7H16O.C6H10O.C3H6.C2H6/c1-4-7-16-8-6-9-17(12-16)18-13-15(5-2)11-10-14(18)3;1-4-6-8(3)7-5-2;1-4-6-7(5-2)8-3;1-4-5(2)6(3)7;1-3-2;1-2/h6,8-13H,4-5,7H2,1-3H3;8H,4-7H2,1-3H3;7H,4-6H2,1-3H3;4H,1-3H3;3H,1H2,2H3;1-2H3/b;;;5-4+;;/t;;7-;;;/m..0.../s1. The Morgan fingerprint density at radius 3 is 1.72 bits per heavy atom. The van der Waals surface area contributed by atoms with E-state index in [-0.39, 0.29) is 5.78 Å². The molecule has 0 aliphatic rings. The molecule has 0 aliphatic heterocycles. The molecule has 2 aromatic rings. The number of benzene rings is 2. The minimum absolute atomic E-state index is 0.155. The minimum Gasteiger partial charge on any atom is -0.381 e. The SMILES string of the molecule is C/C=C(\C)C(C)=O.C=CC.CC.CCCC(C)CCC.CCC[C@H](CC)OC.CCCc1cccc(-c2cc(CC)ccc2C)c1. The van der Waals surface area contributed by atoms with Gasteiger partial charge in [-0.3, -0.25) is 4.79 Å². The smallest absolute Gasteiger partial charge is 0.155 e. The third-order valence-electron chi connectivity index (χ3n) is 7.44. The molecule has 0 bridgehead atoms. The maximum atomic E-state index is 10.3. The predicted octanol–water partition coefficient (Wildman–Crippen LogP) is 14.4. The Balaban J connectivity index is -0.000000267. The molecule has 1 atom stereocenters. The Kier molecular flexibility index (Phi) is 40.6. The van der Waals surface area contributed by atoms with Gasteiger partial charge in [-0.15, -0.1) is 6.58 Å². The topological polar surface area (TPSA) is 26.3 Å². The van der Waals surface area contributed by atoms with Gasteiger partial charge in [0.25, 0.3) is 0 Å². The number of rotatable bonds is 13. The van der Waals surface area contributed by atoms with E-state index in [1.54, 1.807) is 20.1 Å². The van der Waals surface area contributed by atoms with Crippen LogP contribution < -0.4 is 0 Å². The molecule has 0 aliphatic carbocycles. The number of allylic oxidation sites excluding steroid dienone is 3. The van der Waals surface area contributed by atoms with Gasteiger partial charge >= 0.3 is 0 Å². The highest BCUT2D eigenvalue weighted by Crippen LogP contribution is 2.26. The van der Waals surface area contributed by atoms with Crippen LogP contribution in [0.3, 0.4) is 0 Å². The van der Waals surface area contributed by atoms with Crippen molar-refractivity contribution in [3.8, 4) is 11.1 Å². The zero-order valence-electron chi connectivity index (χ0n) is 33.4. The summed E-state index contributed by atoms with van der Waals surface area (Å²) in [5.41, 5.74) is 7.79. The van der Waals surface area contributed by atoms with Gasteiger partial charge in [-0.1, -0.05) is 155 Å². The molecule has 0 saturated heterocycles. The van der Waals surface area contributed by atoms with Gasteiger partial charge < -0.3 is 4.74 Å². The second-order valence-corrected chi connectivity index (χ2v) is 11.6. The van der Waals surface area contributed by atoms with Crippen molar-refractivity contribution in [2.75, 3.05) is 7.11 Å². The summed E-state index contributed by atoms with van der Waals surface area (Å²) in [5.74, 6) is 1.12. The first-order valence-electron chi connectivity index (χ1n) is 18.4. The summed E-state index contributed by atoms with van der Waals surface area (Å²) in [4.78, 5) is 10.3. The number of hydrogen-bond donors (Lipinski definition) is 0. The number of Topliss-reactive ketones (excluding diaryl/α,β-unsaturated/α-hetero) is 1. The van der Waals surface area contributed by atoms with Crippen LogP contribution in [0.1, 0.15) is 158 Å². The lowest BCUT2D eigenvalue weighted by molar-refractivity contribution is -0.113. The highest BCUT2D eigenvalue weighted by molar-refractivity contribution is 5.92. The van der Waals surface area contributed by atoms with Crippen LogP contribution in [0.25, 0.3) is 11.1 Å². The van der Waals surface area contributed by atoms with E-state index in [0.29, 0.717) is 6.10 Å². The van der Waals surface area contributed by atoms with Crippen LogP contribution in [0.4, 0.5) is 0 Å². The van der Waals surface area contributed by atoms with Crippen molar-refractivity contribution in [1.82, 2.24) is 0 Å². The van der Waals surface area contributed by atoms with Gasteiger partial charge in [-0.05, 0) is 99.6 Å². The number of ether oxygens (including phenoxy) is 1. The fourth-order valence-corrected chi connectivity index (χ4v) is 4.53. The lowest BCUT2D eigenvalue weighted by atomic mass is 9.95. The van der Waals surface area contributed by atoms with Crippen molar-refractivity contribution >= 4 is 5.78 Å². The monoisotopic (exact) mass is 639 g/mol. The van der Waals surface area contributed by atoms with Gasteiger partial charge in [-0.2, -0.15) is 0 Å². The number of hydrogen-bond acceptors (Lipinski definition) is 2. The summed E-state index contributed by atoms with van der Waals surface area (Å²) < 4.78 is 5.14. The van der Waals surface area contributed by atoms with Crippen LogP contribution in [0.5, 0.6) is 0 Å². The number of ketones is 1. The summed E-state index contributed by atoms with van der Waals surface area (Å²) in [6, 6.07) is 15.8. The van der Waals surface area contributed by atoms with E-state index in [4.69, 9.17) is 4.74 Å². The fourth-order valence-electron chi connectivity index (χ4n) is 4.53. The molecule has 0 N–H and O–H groups in total. The average molecular weight is 639 g/mol. The van der Waals surface area contributed by atoms with Gasteiger partial charge in [0.1, 0.15) is 0 Å². The molecular formula is C44H78O2. The van der Waals surface area contributed by atoms with Crippen molar-refractivity contribution in [1.29, 1.82) is 0 Å². The second-order valence-electron chi connectivity index (χ2n) is 11.6. The molecule has 266 valence electrons. The highest BCUT2D eigenvalue weighted by atomic mass is 16.5. The Morgan fingerprint density at radius 1 is 0.826 bits per heavy atom. The van der Waals surface area contributed by atoms with Gasteiger partial charge in [0.15, 0.2) is 5.78 Å². The van der Waals surface area contributed by atoms with E-state index >= 15 is 0 Å². The Morgan fingerprint density at radius 2 is 1.37 bits per heavy atom.